The number of ketones is 1. The molecule has 0 aliphatic heterocycles. The van der Waals surface area contributed by atoms with E-state index >= 15 is 0 Å². The topological polar surface area (TPSA) is 44.1 Å². The first-order chi connectivity index (χ1) is 8.15. The second kappa shape index (κ2) is 6.82. The predicted molar refractivity (Wildman–Crippen MR) is 67.7 cm³/mol. The standard InChI is InChI=1S/C14H18N2O/c1-12(2)16(10-6-9-15)11-14(17)13-7-4-3-5-8-13/h3-5,7-8,12H,6,10-11H2,1-2H3. The highest BCUT2D eigenvalue weighted by Gasteiger charge is 2.14. The molecule has 0 saturated carbocycles. The lowest BCUT2D eigenvalue weighted by molar-refractivity contribution is 0.0908. The minimum absolute atomic E-state index is 0.109. The molecular weight excluding hydrogens is 212 g/mol. The lowest BCUT2D eigenvalue weighted by atomic mass is 10.1. The molecule has 0 radical (unpaired) electrons. The second-order valence-corrected chi connectivity index (χ2v) is 4.26. The fourth-order valence-corrected chi connectivity index (χ4v) is 1.61. The van der Waals surface area contributed by atoms with Gasteiger partial charge in [0.2, 0.25) is 0 Å². The van der Waals surface area contributed by atoms with Crippen LogP contribution >= 0.6 is 0 Å². The van der Waals surface area contributed by atoms with Crippen LogP contribution in [0.15, 0.2) is 30.3 Å². The molecule has 0 saturated heterocycles. The highest BCUT2D eigenvalue weighted by Crippen LogP contribution is 2.05. The van der Waals surface area contributed by atoms with Gasteiger partial charge < -0.3 is 0 Å². The van der Waals surface area contributed by atoms with Gasteiger partial charge in [0.25, 0.3) is 0 Å². The zero-order chi connectivity index (χ0) is 12.7. The van der Waals surface area contributed by atoms with Crippen molar-refractivity contribution in [1.29, 1.82) is 5.26 Å². The maximum Gasteiger partial charge on any atom is 0.176 e. The van der Waals surface area contributed by atoms with Gasteiger partial charge in [-0.25, -0.2) is 0 Å². The summed E-state index contributed by atoms with van der Waals surface area (Å²) in [6, 6.07) is 11.7. The Morgan fingerprint density at radius 1 is 1.35 bits per heavy atom. The lowest BCUT2D eigenvalue weighted by Crippen LogP contribution is -2.36. The molecule has 0 aromatic heterocycles. The molecule has 3 heteroatoms. The van der Waals surface area contributed by atoms with E-state index in [0.717, 1.165) is 5.56 Å². The van der Waals surface area contributed by atoms with Crippen molar-refractivity contribution < 1.29 is 4.79 Å². The van der Waals surface area contributed by atoms with Crippen LogP contribution < -0.4 is 0 Å². The van der Waals surface area contributed by atoms with E-state index in [1.807, 2.05) is 49.1 Å². The summed E-state index contributed by atoms with van der Waals surface area (Å²) in [6.45, 7) is 5.10. The van der Waals surface area contributed by atoms with Crippen LogP contribution in [0.5, 0.6) is 0 Å². The number of nitriles is 1. The largest absolute Gasteiger partial charge is 0.293 e. The van der Waals surface area contributed by atoms with Crippen molar-refractivity contribution in [3.63, 3.8) is 0 Å². The van der Waals surface area contributed by atoms with E-state index < -0.39 is 0 Å². The van der Waals surface area contributed by atoms with E-state index in [1.165, 1.54) is 0 Å². The Bertz CT molecular complexity index is 392. The minimum Gasteiger partial charge on any atom is -0.293 e. The summed E-state index contributed by atoms with van der Waals surface area (Å²) < 4.78 is 0. The molecule has 0 amide bonds. The van der Waals surface area contributed by atoms with Crippen molar-refractivity contribution in [2.24, 2.45) is 0 Å². The normalized spacial score (nSPS) is 10.5. The van der Waals surface area contributed by atoms with Gasteiger partial charge in [-0.1, -0.05) is 30.3 Å². The molecule has 0 bridgehead atoms. The zero-order valence-electron chi connectivity index (χ0n) is 10.4. The van der Waals surface area contributed by atoms with Crippen molar-refractivity contribution in [3.8, 4) is 6.07 Å². The Balaban J connectivity index is 2.62. The van der Waals surface area contributed by atoms with Crippen LogP contribution in [0.4, 0.5) is 0 Å². The second-order valence-electron chi connectivity index (χ2n) is 4.26. The molecular formula is C14H18N2O. The molecule has 1 aromatic carbocycles. The number of benzene rings is 1. The molecule has 0 fully saturated rings. The van der Waals surface area contributed by atoms with Crippen LogP contribution in [0.25, 0.3) is 0 Å². The average molecular weight is 230 g/mol. The number of carbonyl (C=O) groups is 1. The molecule has 0 N–H and O–H groups in total. The van der Waals surface area contributed by atoms with E-state index in [2.05, 4.69) is 6.07 Å². The fourth-order valence-electron chi connectivity index (χ4n) is 1.61. The maximum absolute atomic E-state index is 12.0. The minimum atomic E-state index is 0.109. The third-order valence-electron chi connectivity index (χ3n) is 2.68. The van der Waals surface area contributed by atoms with E-state index in [9.17, 15) is 4.79 Å². The van der Waals surface area contributed by atoms with E-state index in [-0.39, 0.29) is 11.8 Å². The Hall–Kier alpha value is -1.66. The van der Waals surface area contributed by atoms with Crippen LogP contribution in [0, 0.1) is 11.3 Å². The van der Waals surface area contributed by atoms with Gasteiger partial charge in [-0.2, -0.15) is 5.26 Å². The van der Waals surface area contributed by atoms with Crippen molar-refractivity contribution in [1.82, 2.24) is 4.90 Å². The summed E-state index contributed by atoms with van der Waals surface area (Å²) in [6.07, 6.45) is 0.459. The SMILES string of the molecule is CC(C)N(CCC#N)CC(=O)c1ccccc1. The van der Waals surface area contributed by atoms with Crippen LogP contribution in [-0.2, 0) is 0 Å². The Morgan fingerprint density at radius 2 is 2.00 bits per heavy atom. The zero-order valence-corrected chi connectivity index (χ0v) is 10.4. The van der Waals surface area contributed by atoms with Gasteiger partial charge in [0, 0.05) is 24.6 Å². The van der Waals surface area contributed by atoms with Gasteiger partial charge in [0.15, 0.2) is 5.78 Å². The van der Waals surface area contributed by atoms with Crippen LogP contribution in [0.2, 0.25) is 0 Å². The maximum atomic E-state index is 12.0. The van der Waals surface area contributed by atoms with Crippen LogP contribution in [-0.4, -0.2) is 29.8 Å². The summed E-state index contributed by atoms with van der Waals surface area (Å²) in [5.74, 6) is 0.109. The molecule has 17 heavy (non-hydrogen) atoms. The van der Waals surface area contributed by atoms with Gasteiger partial charge >= 0.3 is 0 Å². The third-order valence-corrected chi connectivity index (χ3v) is 2.68. The number of carbonyl (C=O) groups excluding carboxylic acids is 1. The fraction of sp³-hybridized carbons (Fsp3) is 0.429. The van der Waals surface area contributed by atoms with Gasteiger partial charge in [-0.3, -0.25) is 9.69 Å². The molecule has 0 atom stereocenters. The first kappa shape index (κ1) is 13.4. The van der Waals surface area contributed by atoms with E-state index in [4.69, 9.17) is 5.26 Å². The van der Waals surface area contributed by atoms with Gasteiger partial charge in [0.1, 0.15) is 0 Å². The lowest BCUT2D eigenvalue weighted by Gasteiger charge is -2.24. The first-order valence-electron chi connectivity index (χ1n) is 5.84. The number of rotatable bonds is 6. The average Bonchev–Trinajstić information content (AvgIpc) is 2.35. The number of hydrogen-bond donors (Lipinski definition) is 0. The molecule has 0 aliphatic rings. The predicted octanol–water partition coefficient (Wildman–Crippen LogP) is 2.49. The summed E-state index contributed by atoms with van der Waals surface area (Å²) in [5, 5.41) is 8.59. The molecule has 0 spiro atoms. The molecule has 0 aliphatic carbocycles. The Kier molecular flexibility index (Phi) is 5.38. The van der Waals surface area contributed by atoms with Gasteiger partial charge in [-0.05, 0) is 13.8 Å². The summed E-state index contributed by atoms with van der Waals surface area (Å²) in [4.78, 5) is 14.0. The molecule has 1 rings (SSSR count). The smallest absolute Gasteiger partial charge is 0.176 e. The van der Waals surface area contributed by atoms with Crippen LogP contribution in [0.1, 0.15) is 30.6 Å². The van der Waals surface area contributed by atoms with Crippen molar-refractivity contribution in [3.05, 3.63) is 35.9 Å². The quantitative estimate of drug-likeness (QED) is 0.705. The van der Waals surface area contributed by atoms with Crippen molar-refractivity contribution in [2.45, 2.75) is 26.3 Å². The molecule has 3 nitrogen and oxygen atoms in total. The highest BCUT2D eigenvalue weighted by molar-refractivity contribution is 5.97. The number of hydrogen-bond acceptors (Lipinski definition) is 3. The van der Waals surface area contributed by atoms with Gasteiger partial charge in [0.05, 0.1) is 12.6 Å². The monoisotopic (exact) mass is 230 g/mol. The molecule has 1 aromatic rings. The summed E-state index contributed by atoms with van der Waals surface area (Å²) >= 11 is 0. The van der Waals surface area contributed by atoms with Crippen molar-refractivity contribution >= 4 is 5.78 Å². The van der Waals surface area contributed by atoms with Gasteiger partial charge in [-0.15, -0.1) is 0 Å². The molecule has 0 heterocycles. The van der Waals surface area contributed by atoms with Crippen LogP contribution in [0.3, 0.4) is 0 Å². The molecule has 0 unspecified atom stereocenters. The third kappa shape index (κ3) is 4.38. The van der Waals surface area contributed by atoms with E-state index in [0.29, 0.717) is 19.5 Å². The van der Waals surface area contributed by atoms with Crippen molar-refractivity contribution in [2.75, 3.05) is 13.1 Å². The Morgan fingerprint density at radius 3 is 2.53 bits per heavy atom. The number of Topliss-reactive ketones (excluding diaryl/α,β-unsaturated/α-hetero) is 1. The number of nitrogens with zero attached hydrogens (tertiary/aromatic N) is 2. The molecule has 90 valence electrons. The Labute approximate surface area is 103 Å². The highest BCUT2D eigenvalue weighted by atomic mass is 16.1. The van der Waals surface area contributed by atoms with E-state index in [1.54, 1.807) is 0 Å². The summed E-state index contributed by atoms with van der Waals surface area (Å²) in [7, 11) is 0. The summed E-state index contributed by atoms with van der Waals surface area (Å²) in [5.41, 5.74) is 0.732. The first-order valence-corrected chi connectivity index (χ1v) is 5.84.